The first-order valence-electron chi connectivity index (χ1n) is 9.68. The van der Waals surface area contributed by atoms with Gasteiger partial charge in [0.1, 0.15) is 0 Å². The minimum absolute atomic E-state index is 0.0429. The molecule has 1 aliphatic heterocycles. The summed E-state index contributed by atoms with van der Waals surface area (Å²) >= 11 is 0. The molecule has 27 heavy (non-hydrogen) atoms. The van der Waals surface area contributed by atoms with Crippen LogP contribution in [0.3, 0.4) is 0 Å². The van der Waals surface area contributed by atoms with Gasteiger partial charge in [0.2, 0.25) is 5.91 Å². The fraction of sp³-hybridized carbons (Fsp3) is 0.524. The number of aryl methyl sites for hydroxylation is 3. The molecule has 2 aromatic rings. The lowest BCUT2D eigenvalue weighted by molar-refractivity contribution is -0.121. The third-order valence-electron chi connectivity index (χ3n) is 5.58. The van der Waals surface area contributed by atoms with E-state index in [1.54, 1.807) is 4.68 Å². The number of benzene rings is 1. The highest BCUT2D eigenvalue weighted by atomic mass is 16.2. The van der Waals surface area contributed by atoms with Crippen molar-refractivity contribution in [3.05, 3.63) is 46.8 Å². The van der Waals surface area contributed by atoms with Crippen molar-refractivity contribution in [3.63, 3.8) is 0 Å². The SMILES string of the molecule is Cc1cccc(CN2CCN([C@H](C)C(=O)Nc3c(C)nn(C)c3C)CC2)c1. The molecule has 0 unspecified atom stereocenters. The van der Waals surface area contributed by atoms with Crippen LogP contribution in [0.5, 0.6) is 0 Å². The van der Waals surface area contributed by atoms with E-state index in [9.17, 15) is 4.79 Å². The number of nitrogens with zero attached hydrogens (tertiary/aromatic N) is 4. The van der Waals surface area contributed by atoms with Gasteiger partial charge in [-0.1, -0.05) is 29.8 Å². The maximum absolute atomic E-state index is 12.7. The highest BCUT2D eigenvalue weighted by molar-refractivity contribution is 5.95. The highest BCUT2D eigenvalue weighted by Gasteiger charge is 2.26. The predicted molar refractivity (Wildman–Crippen MR) is 109 cm³/mol. The molecule has 6 heteroatoms. The van der Waals surface area contributed by atoms with Gasteiger partial charge in [-0.3, -0.25) is 19.3 Å². The molecular weight excluding hydrogens is 338 g/mol. The van der Waals surface area contributed by atoms with Gasteiger partial charge in [-0.2, -0.15) is 5.10 Å². The van der Waals surface area contributed by atoms with E-state index in [1.807, 2.05) is 27.8 Å². The fourth-order valence-corrected chi connectivity index (χ4v) is 3.73. The molecule has 1 aromatic heterocycles. The average molecular weight is 370 g/mol. The van der Waals surface area contributed by atoms with Gasteiger partial charge in [0.25, 0.3) is 0 Å². The Morgan fingerprint density at radius 3 is 2.48 bits per heavy atom. The van der Waals surface area contributed by atoms with E-state index in [0.717, 1.165) is 49.8 Å². The van der Waals surface area contributed by atoms with Crippen molar-refractivity contribution in [2.24, 2.45) is 7.05 Å². The van der Waals surface area contributed by atoms with E-state index in [4.69, 9.17) is 0 Å². The van der Waals surface area contributed by atoms with Gasteiger partial charge < -0.3 is 5.32 Å². The Kier molecular flexibility index (Phi) is 5.97. The van der Waals surface area contributed by atoms with Gasteiger partial charge in [0.15, 0.2) is 0 Å². The molecule has 1 amide bonds. The summed E-state index contributed by atoms with van der Waals surface area (Å²) < 4.78 is 1.81. The Morgan fingerprint density at radius 2 is 1.89 bits per heavy atom. The number of hydrogen-bond acceptors (Lipinski definition) is 4. The molecule has 0 spiro atoms. The molecular formula is C21H31N5O. The monoisotopic (exact) mass is 369 g/mol. The third-order valence-corrected chi connectivity index (χ3v) is 5.58. The molecule has 1 aliphatic rings. The van der Waals surface area contributed by atoms with E-state index >= 15 is 0 Å². The molecule has 1 saturated heterocycles. The Morgan fingerprint density at radius 1 is 1.19 bits per heavy atom. The number of nitrogens with one attached hydrogen (secondary N) is 1. The average Bonchev–Trinajstić information content (AvgIpc) is 2.88. The second-order valence-electron chi connectivity index (χ2n) is 7.64. The predicted octanol–water partition coefficient (Wildman–Crippen LogP) is 2.49. The first kappa shape index (κ1) is 19.6. The number of rotatable bonds is 5. The molecule has 6 nitrogen and oxygen atoms in total. The number of hydrogen-bond donors (Lipinski definition) is 1. The molecule has 1 fully saturated rings. The lowest BCUT2D eigenvalue weighted by atomic mass is 10.1. The summed E-state index contributed by atoms with van der Waals surface area (Å²) in [5, 5.41) is 7.45. The van der Waals surface area contributed by atoms with Crippen molar-refractivity contribution < 1.29 is 4.79 Å². The van der Waals surface area contributed by atoms with Gasteiger partial charge in [-0.05, 0) is 33.3 Å². The first-order valence-corrected chi connectivity index (χ1v) is 9.68. The van der Waals surface area contributed by atoms with Crippen molar-refractivity contribution in [2.75, 3.05) is 31.5 Å². The summed E-state index contributed by atoms with van der Waals surface area (Å²) in [6, 6.07) is 8.54. The summed E-state index contributed by atoms with van der Waals surface area (Å²) in [5.41, 5.74) is 5.34. The fourth-order valence-electron chi connectivity index (χ4n) is 3.73. The first-order chi connectivity index (χ1) is 12.8. The second kappa shape index (κ2) is 8.23. The zero-order valence-corrected chi connectivity index (χ0v) is 17.1. The largest absolute Gasteiger partial charge is 0.322 e. The zero-order valence-electron chi connectivity index (χ0n) is 17.1. The number of carbonyl (C=O) groups is 1. The van der Waals surface area contributed by atoms with Crippen LogP contribution in [0.4, 0.5) is 5.69 Å². The quantitative estimate of drug-likeness (QED) is 0.880. The van der Waals surface area contributed by atoms with Crippen LogP contribution in [0.2, 0.25) is 0 Å². The normalized spacial score (nSPS) is 17.1. The molecule has 2 heterocycles. The minimum atomic E-state index is -0.148. The van der Waals surface area contributed by atoms with Crippen LogP contribution in [-0.4, -0.2) is 57.7 Å². The molecule has 0 saturated carbocycles. The van der Waals surface area contributed by atoms with Gasteiger partial charge in [0.05, 0.1) is 23.1 Å². The number of aromatic nitrogens is 2. The van der Waals surface area contributed by atoms with Crippen LogP contribution in [0.25, 0.3) is 0 Å². The van der Waals surface area contributed by atoms with Crippen LogP contribution >= 0.6 is 0 Å². The molecule has 0 radical (unpaired) electrons. The molecule has 146 valence electrons. The molecule has 3 rings (SSSR count). The van der Waals surface area contributed by atoms with E-state index in [2.05, 4.69) is 51.4 Å². The summed E-state index contributed by atoms with van der Waals surface area (Å²) in [6.45, 7) is 12.8. The van der Waals surface area contributed by atoms with Crippen molar-refractivity contribution >= 4 is 11.6 Å². The Bertz CT molecular complexity index is 805. The number of piperazine rings is 1. The summed E-state index contributed by atoms with van der Waals surface area (Å²) in [5.74, 6) is 0.0429. The van der Waals surface area contributed by atoms with Crippen molar-refractivity contribution in [1.29, 1.82) is 0 Å². The maximum Gasteiger partial charge on any atom is 0.241 e. The summed E-state index contributed by atoms with van der Waals surface area (Å²) in [4.78, 5) is 17.5. The standard InChI is InChI=1S/C21H31N5O/c1-15-7-6-8-19(13-15)14-25-9-11-26(12-10-25)18(4)21(27)22-20-16(2)23-24(5)17(20)3/h6-8,13,18H,9-12,14H2,1-5H3,(H,22,27)/t18-/m1/s1. The number of carbonyl (C=O) groups excluding carboxylic acids is 1. The van der Waals surface area contributed by atoms with Crippen LogP contribution in [0.15, 0.2) is 24.3 Å². The molecule has 1 N–H and O–H groups in total. The second-order valence-corrected chi connectivity index (χ2v) is 7.64. The third kappa shape index (κ3) is 4.57. The Labute approximate surface area is 162 Å². The molecule has 0 bridgehead atoms. The van der Waals surface area contributed by atoms with Crippen molar-refractivity contribution in [3.8, 4) is 0 Å². The molecule has 1 atom stereocenters. The summed E-state index contributed by atoms with van der Waals surface area (Å²) in [7, 11) is 1.90. The van der Waals surface area contributed by atoms with Crippen molar-refractivity contribution in [2.45, 2.75) is 40.3 Å². The van der Waals surface area contributed by atoms with Crippen LogP contribution in [0, 0.1) is 20.8 Å². The van der Waals surface area contributed by atoms with Gasteiger partial charge >= 0.3 is 0 Å². The Hall–Kier alpha value is -2.18. The van der Waals surface area contributed by atoms with Crippen LogP contribution in [-0.2, 0) is 18.4 Å². The highest BCUT2D eigenvalue weighted by Crippen LogP contribution is 2.19. The Balaban J connectivity index is 1.53. The lowest BCUT2D eigenvalue weighted by Crippen LogP contribution is -2.52. The van der Waals surface area contributed by atoms with Gasteiger partial charge in [-0.15, -0.1) is 0 Å². The van der Waals surface area contributed by atoms with Crippen LogP contribution in [0.1, 0.15) is 29.4 Å². The minimum Gasteiger partial charge on any atom is -0.322 e. The molecule has 1 aromatic carbocycles. The van der Waals surface area contributed by atoms with E-state index in [0.29, 0.717) is 0 Å². The van der Waals surface area contributed by atoms with Crippen molar-refractivity contribution in [1.82, 2.24) is 19.6 Å². The van der Waals surface area contributed by atoms with E-state index in [-0.39, 0.29) is 11.9 Å². The lowest BCUT2D eigenvalue weighted by Gasteiger charge is -2.37. The molecule has 0 aliphatic carbocycles. The van der Waals surface area contributed by atoms with Gasteiger partial charge in [0, 0.05) is 39.8 Å². The van der Waals surface area contributed by atoms with Crippen LogP contribution < -0.4 is 5.32 Å². The topological polar surface area (TPSA) is 53.4 Å². The maximum atomic E-state index is 12.7. The van der Waals surface area contributed by atoms with Gasteiger partial charge in [-0.25, -0.2) is 0 Å². The summed E-state index contributed by atoms with van der Waals surface area (Å²) in [6.07, 6.45) is 0. The zero-order chi connectivity index (χ0) is 19.6. The number of anilines is 1. The van der Waals surface area contributed by atoms with E-state index in [1.165, 1.54) is 11.1 Å². The smallest absolute Gasteiger partial charge is 0.241 e. The number of amides is 1. The van der Waals surface area contributed by atoms with E-state index < -0.39 is 0 Å².